The summed E-state index contributed by atoms with van der Waals surface area (Å²) in [6.07, 6.45) is -0.541. The third-order valence-electron chi connectivity index (χ3n) is 2.94. The highest BCUT2D eigenvalue weighted by molar-refractivity contribution is 9.10. The van der Waals surface area contributed by atoms with Crippen LogP contribution in [-0.4, -0.2) is 5.11 Å². The Morgan fingerprint density at radius 2 is 1.84 bits per heavy atom. The first-order chi connectivity index (χ1) is 9.06. The number of aryl methyl sites for hydroxylation is 1. The van der Waals surface area contributed by atoms with Crippen LogP contribution in [0.2, 0.25) is 0 Å². The second-order valence-corrected chi connectivity index (χ2v) is 5.55. The average Bonchev–Trinajstić information content (AvgIpc) is 2.38. The van der Waals surface area contributed by atoms with E-state index >= 15 is 0 Å². The van der Waals surface area contributed by atoms with Gasteiger partial charge in [-0.15, -0.1) is 0 Å². The van der Waals surface area contributed by atoms with Gasteiger partial charge < -0.3 is 9.84 Å². The van der Waals surface area contributed by atoms with Crippen molar-refractivity contribution in [1.82, 2.24) is 0 Å². The molecule has 0 spiro atoms. The molecular weight excluding hydrogens is 304 g/mol. The van der Waals surface area contributed by atoms with Gasteiger partial charge in [-0.1, -0.05) is 51.8 Å². The zero-order valence-electron chi connectivity index (χ0n) is 11.1. The summed E-state index contributed by atoms with van der Waals surface area (Å²) < 4.78 is 6.76. The van der Waals surface area contributed by atoms with Crippen molar-refractivity contribution in [3.05, 3.63) is 63.6 Å². The first kappa shape index (κ1) is 14.1. The van der Waals surface area contributed by atoms with Crippen LogP contribution >= 0.6 is 15.9 Å². The number of hydrogen-bond donors (Lipinski definition) is 1. The van der Waals surface area contributed by atoms with Gasteiger partial charge in [0.1, 0.15) is 12.4 Å². The van der Waals surface area contributed by atoms with Gasteiger partial charge in [0.2, 0.25) is 0 Å². The molecule has 0 saturated carbocycles. The molecule has 0 amide bonds. The molecule has 0 saturated heterocycles. The summed E-state index contributed by atoms with van der Waals surface area (Å²) in [6.45, 7) is 4.29. The van der Waals surface area contributed by atoms with Crippen molar-refractivity contribution in [2.45, 2.75) is 26.6 Å². The molecule has 0 aliphatic heterocycles. The largest absolute Gasteiger partial charge is 0.488 e. The maximum absolute atomic E-state index is 9.73. The summed E-state index contributed by atoms with van der Waals surface area (Å²) in [5.41, 5.74) is 3.15. The normalized spacial score (nSPS) is 12.2. The number of aliphatic hydroxyl groups is 1. The highest BCUT2D eigenvalue weighted by atomic mass is 79.9. The molecule has 100 valence electrons. The van der Waals surface area contributed by atoms with Crippen LogP contribution in [0.25, 0.3) is 0 Å². The summed E-state index contributed by atoms with van der Waals surface area (Å²) in [5.74, 6) is 0.713. The van der Waals surface area contributed by atoms with Crippen LogP contribution < -0.4 is 4.74 Å². The summed E-state index contributed by atoms with van der Waals surface area (Å²) in [7, 11) is 0. The lowest BCUT2D eigenvalue weighted by Gasteiger charge is -2.14. The van der Waals surface area contributed by atoms with Crippen molar-refractivity contribution >= 4 is 15.9 Å². The molecule has 0 aromatic heterocycles. The number of aliphatic hydroxyl groups excluding tert-OH is 1. The average molecular weight is 321 g/mol. The second-order valence-electron chi connectivity index (χ2n) is 4.63. The van der Waals surface area contributed by atoms with E-state index in [1.54, 1.807) is 6.92 Å². The molecule has 19 heavy (non-hydrogen) atoms. The fourth-order valence-electron chi connectivity index (χ4n) is 1.82. The summed E-state index contributed by atoms with van der Waals surface area (Å²) in [4.78, 5) is 0. The van der Waals surface area contributed by atoms with E-state index in [0.29, 0.717) is 12.4 Å². The van der Waals surface area contributed by atoms with E-state index in [2.05, 4.69) is 47.1 Å². The van der Waals surface area contributed by atoms with E-state index in [-0.39, 0.29) is 0 Å². The SMILES string of the molecule is Cc1ccc(COc2cc(Br)ccc2C(C)O)cc1. The number of halogens is 1. The summed E-state index contributed by atoms with van der Waals surface area (Å²) >= 11 is 3.42. The van der Waals surface area contributed by atoms with Gasteiger partial charge in [0, 0.05) is 10.0 Å². The van der Waals surface area contributed by atoms with Crippen molar-refractivity contribution in [2.75, 3.05) is 0 Å². The van der Waals surface area contributed by atoms with Gasteiger partial charge in [-0.25, -0.2) is 0 Å². The monoisotopic (exact) mass is 320 g/mol. The van der Waals surface area contributed by atoms with Gasteiger partial charge >= 0.3 is 0 Å². The first-order valence-corrected chi connectivity index (χ1v) is 7.01. The smallest absolute Gasteiger partial charge is 0.126 e. The minimum atomic E-state index is -0.541. The molecule has 0 bridgehead atoms. The lowest BCUT2D eigenvalue weighted by Crippen LogP contribution is -2.01. The maximum atomic E-state index is 9.73. The molecule has 2 aromatic rings. The van der Waals surface area contributed by atoms with Gasteiger partial charge in [0.05, 0.1) is 6.10 Å². The van der Waals surface area contributed by atoms with Gasteiger partial charge in [-0.2, -0.15) is 0 Å². The van der Waals surface area contributed by atoms with Crippen LogP contribution in [-0.2, 0) is 6.61 Å². The molecule has 0 radical (unpaired) electrons. The lowest BCUT2D eigenvalue weighted by atomic mass is 10.1. The van der Waals surface area contributed by atoms with E-state index in [0.717, 1.165) is 15.6 Å². The quantitative estimate of drug-likeness (QED) is 0.905. The Balaban J connectivity index is 2.14. The van der Waals surface area contributed by atoms with Crippen molar-refractivity contribution in [3.8, 4) is 5.75 Å². The number of hydrogen-bond acceptors (Lipinski definition) is 2. The third-order valence-corrected chi connectivity index (χ3v) is 3.43. The standard InChI is InChI=1S/C16H17BrO2/c1-11-3-5-13(6-4-11)10-19-16-9-14(17)7-8-15(16)12(2)18/h3-9,12,18H,10H2,1-2H3. The molecule has 2 nitrogen and oxygen atoms in total. The van der Waals surface area contributed by atoms with Crippen LogP contribution in [0.3, 0.4) is 0 Å². The zero-order chi connectivity index (χ0) is 13.8. The predicted molar refractivity (Wildman–Crippen MR) is 80.3 cm³/mol. The zero-order valence-corrected chi connectivity index (χ0v) is 12.6. The highest BCUT2D eigenvalue weighted by Gasteiger charge is 2.09. The second kappa shape index (κ2) is 6.22. The lowest BCUT2D eigenvalue weighted by molar-refractivity contribution is 0.190. The van der Waals surface area contributed by atoms with Crippen molar-refractivity contribution < 1.29 is 9.84 Å². The molecule has 1 atom stereocenters. The van der Waals surface area contributed by atoms with Gasteiger partial charge in [-0.05, 0) is 31.5 Å². The Morgan fingerprint density at radius 1 is 1.16 bits per heavy atom. The van der Waals surface area contributed by atoms with Crippen LogP contribution in [0, 0.1) is 6.92 Å². The molecule has 0 fully saturated rings. The van der Waals surface area contributed by atoms with Crippen LogP contribution in [0.5, 0.6) is 5.75 Å². The molecular formula is C16H17BrO2. The number of ether oxygens (including phenoxy) is 1. The third kappa shape index (κ3) is 3.82. The van der Waals surface area contributed by atoms with Crippen LogP contribution in [0.1, 0.15) is 29.7 Å². The topological polar surface area (TPSA) is 29.5 Å². The van der Waals surface area contributed by atoms with Crippen molar-refractivity contribution in [3.63, 3.8) is 0 Å². The number of benzene rings is 2. The fraction of sp³-hybridized carbons (Fsp3) is 0.250. The number of rotatable bonds is 4. The summed E-state index contributed by atoms with van der Waals surface area (Å²) in [5, 5.41) is 9.73. The highest BCUT2D eigenvalue weighted by Crippen LogP contribution is 2.29. The Kier molecular flexibility index (Phi) is 4.61. The van der Waals surface area contributed by atoms with Gasteiger partial charge in [-0.3, -0.25) is 0 Å². The molecule has 1 N–H and O–H groups in total. The minimum absolute atomic E-state index is 0.496. The summed E-state index contributed by atoms with van der Waals surface area (Å²) in [6, 6.07) is 13.9. The molecule has 2 rings (SSSR count). The van der Waals surface area contributed by atoms with E-state index < -0.39 is 6.10 Å². The van der Waals surface area contributed by atoms with Crippen LogP contribution in [0.4, 0.5) is 0 Å². The minimum Gasteiger partial charge on any atom is -0.488 e. The Morgan fingerprint density at radius 3 is 2.47 bits per heavy atom. The van der Waals surface area contributed by atoms with E-state index in [1.807, 2.05) is 18.2 Å². The first-order valence-electron chi connectivity index (χ1n) is 6.22. The van der Waals surface area contributed by atoms with E-state index in [4.69, 9.17) is 4.74 Å². The molecule has 0 aliphatic carbocycles. The fourth-order valence-corrected chi connectivity index (χ4v) is 2.16. The van der Waals surface area contributed by atoms with E-state index in [1.165, 1.54) is 5.56 Å². The van der Waals surface area contributed by atoms with Crippen molar-refractivity contribution in [2.24, 2.45) is 0 Å². The molecule has 3 heteroatoms. The van der Waals surface area contributed by atoms with E-state index in [9.17, 15) is 5.11 Å². The van der Waals surface area contributed by atoms with Gasteiger partial charge in [0.25, 0.3) is 0 Å². The molecule has 0 aliphatic rings. The van der Waals surface area contributed by atoms with Crippen LogP contribution in [0.15, 0.2) is 46.9 Å². The van der Waals surface area contributed by atoms with Gasteiger partial charge in [0.15, 0.2) is 0 Å². The molecule has 0 heterocycles. The predicted octanol–water partition coefficient (Wildman–Crippen LogP) is 4.39. The molecule has 1 unspecified atom stereocenters. The van der Waals surface area contributed by atoms with Crippen molar-refractivity contribution in [1.29, 1.82) is 0 Å². The maximum Gasteiger partial charge on any atom is 0.126 e. The molecule has 2 aromatic carbocycles. The Labute approximate surface area is 122 Å². The Hall–Kier alpha value is -1.32. The Bertz CT molecular complexity index is 547.